The number of benzene rings is 1. The number of ether oxygens (including phenoxy) is 1. The van der Waals surface area contributed by atoms with E-state index in [0.717, 1.165) is 18.5 Å². The van der Waals surface area contributed by atoms with Gasteiger partial charge in [0.15, 0.2) is 9.84 Å². The standard InChI is InChI=1S/C16H27NO3S/c1-5-10-17-16(15-8-6-13(2)7-9-15)14(3)21(18,19)12-11-20-4/h6-9,14,16-17H,5,10-12H2,1-4H3. The lowest BCUT2D eigenvalue weighted by molar-refractivity contribution is 0.216. The molecule has 120 valence electrons. The lowest BCUT2D eigenvalue weighted by atomic mass is 10.0. The van der Waals surface area contributed by atoms with Crippen molar-refractivity contribution >= 4 is 9.84 Å². The van der Waals surface area contributed by atoms with Crippen LogP contribution in [0.25, 0.3) is 0 Å². The predicted octanol–water partition coefficient (Wildman–Crippen LogP) is 2.49. The van der Waals surface area contributed by atoms with Crippen LogP contribution in [0.15, 0.2) is 24.3 Å². The fraction of sp³-hybridized carbons (Fsp3) is 0.625. The normalized spacial score (nSPS) is 14.9. The predicted molar refractivity (Wildman–Crippen MR) is 87.3 cm³/mol. The fourth-order valence-corrected chi connectivity index (χ4v) is 3.66. The van der Waals surface area contributed by atoms with Gasteiger partial charge in [0.1, 0.15) is 0 Å². The highest BCUT2D eigenvalue weighted by Gasteiger charge is 2.29. The van der Waals surface area contributed by atoms with Crippen molar-refractivity contribution < 1.29 is 13.2 Å². The van der Waals surface area contributed by atoms with Gasteiger partial charge in [-0.3, -0.25) is 0 Å². The van der Waals surface area contributed by atoms with Crippen LogP contribution >= 0.6 is 0 Å². The Hall–Kier alpha value is -0.910. The Morgan fingerprint density at radius 2 is 1.86 bits per heavy atom. The number of rotatable bonds is 9. The average molecular weight is 313 g/mol. The second kappa shape index (κ2) is 8.51. The summed E-state index contributed by atoms with van der Waals surface area (Å²) in [5.74, 6) is 0.0564. The Bertz CT molecular complexity index is 511. The van der Waals surface area contributed by atoms with Crippen molar-refractivity contribution in [2.75, 3.05) is 26.0 Å². The number of hydrogen-bond acceptors (Lipinski definition) is 4. The number of hydrogen-bond donors (Lipinski definition) is 1. The van der Waals surface area contributed by atoms with E-state index >= 15 is 0 Å². The molecule has 0 amide bonds. The van der Waals surface area contributed by atoms with Crippen molar-refractivity contribution in [3.8, 4) is 0 Å². The summed E-state index contributed by atoms with van der Waals surface area (Å²) < 4.78 is 29.7. The van der Waals surface area contributed by atoms with Crippen LogP contribution in [0.2, 0.25) is 0 Å². The van der Waals surface area contributed by atoms with Gasteiger partial charge in [-0.2, -0.15) is 0 Å². The van der Waals surface area contributed by atoms with E-state index in [9.17, 15) is 8.42 Å². The fourth-order valence-electron chi connectivity index (χ4n) is 2.22. The highest BCUT2D eigenvalue weighted by Crippen LogP contribution is 2.23. The molecule has 0 bridgehead atoms. The van der Waals surface area contributed by atoms with Gasteiger partial charge in [-0.05, 0) is 32.4 Å². The van der Waals surface area contributed by atoms with Gasteiger partial charge in [0.05, 0.1) is 17.6 Å². The van der Waals surface area contributed by atoms with Crippen LogP contribution in [0.3, 0.4) is 0 Å². The summed E-state index contributed by atoms with van der Waals surface area (Å²) in [6, 6.07) is 7.86. The summed E-state index contributed by atoms with van der Waals surface area (Å²) in [4.78, 5) is 0. The molecule has 5 heteroatoms. The molecular formula is C16H27NO3S. The van der Waals surface area contributed by atoms with Crippen molar-refractivity contribution in [1.29, 1.82) is 0 Å². The van der Waals surface area contributed by atoms with Gasteiger partial charge >= 0.3 is 0 Å². The summed E-state index contributed by atoms with van der Waals surface area (Å²) >= 11 is 0. The van der Waals surface area contributed by atoms with E-state index in [1.54, 1.807) is 6.92 Å². The Labute approximate surface area is 128 Å². The molecule has 0 fully saturated rings. The van der Waals surface area contributed by atoms with E-state index in [4.69, 9.17) is 4.74 Å². The summed E-state index contributed by atoms with van der Waals surface area (Å²) in [7, 11) is -1.68. The number of methoxy groups -OCH3 is 1. The van der Waals surface area contributed by atoms with Crippen LogP contribution in [0.1, 0.15) is 37.4 Å². The second-order valence-corrected chi connectivity index (χ2v) is 7.88. The smallest absolute Gasteiger partial charge is 0.157 e. The van der Waals surface area contributed by atoms with E-state index in [2.05, 4.69) is 12.2 Å². The van der Waals surface area contributed by atoms with Crippen molar-refractivity contribution in [2.24, 2.45) is 0 Å². The lowest BCUT2D eigenvalue weighted by Crippen LogP contribution is -2.37. The molecular weight excluding hydrogens is 286 g/mol. The highest BCUT2D eigenvalue weighted by molar-refractivity contribution is 7.92. The number of nitrogens with one attached hydrogen (secondary N) is 1. The van der Waals surface area contributed by atoms with Gasteiger partial charge in [-0.15, -0.1) is 0 Å². The number of sulfone groups is 1. The average Bonchev–Trinajstić information content (AvgIpc) is 2.47. The first kappa shape index (κ1) is 18.1. The SMILES string of the molecule is CCCNC(c1ccc(C)cc1)C(C)S(=O)(=O)CCOC. The van der Waals surface area contributed by atoms with Crippen molar-refractivity contribution in [2.45, 2.75) is 38.5 Å². The first-order valence-electron chi connectivity index (χ1n) is 7.42. The Balaban J connectivity index is 2.98. The molecule has 1 N–H and O–H groups in total. The molecule has 1 rings (SSSR count). The zero-order chi connectivity index (χ0) is 15.9. The van der Waals surface area contributed by atoms with Gasteiger partial charge in [0.25, 0.3) is 0 Å². The van der Waals surface area contributed by atoms with E-state index in [0.29, 0.717) is 0 Å². The van der Waals surface area contributed by atoms with Gasteiger partial charge in [-0.25, -0.2) is 8.42 Å². The van der Waals surface area contributed by atoms with Crippen LogP contribution in [-0.4, -0.2) is 39.7 Å². The molecule has 2 atom stereocenters. The maximum Gasteiger partial charge on any atom is 0.157 e. The summed E-state index contributed by atoms with van der Waals surface area (Å²) in [6.45, 7) is 6.90. The maximum absolute atomic E-state index is 12.4. The molecule has 0 aliphatic heterocycles. The van der Waals surface area contributed by atoms with E-state index in [-0.39, 0.29) is 18.4 Å². The van der Waals surface area contributed by atoms with Crippen molar-refractivity contribution in [1.82, 2.24) is 5.32 Å². The van der Waals surface area contributed by atoms with E-state index in [1.165, 1.54) is 12.7 Å². The first-order valence-corrected chi connectivity index (χ1v) is 9.14. The van der Waals surface area contributed by atoms with Gasteiger partial charge in [0, 0.05) is 13.2 Å². The molecule has 0 aromatic heterocycles. The third-order valence-corrected chi connectivity index (χ3v) is 5.80. The number of aryl methyl sites for hydroxylation is 1. The van der Waals surface area contributed by atoms with Crippen LogP contribution < -0.4 is 5.32 Å². The van der Waals surface area contributed by atoms with Gasteiger partial charge < -0.3 is 10.1 Å². The quantitative estimate of drug-likeness (QED) is 0.761. The minimum Gasteiger partial charge on any atom is -0.384 e. The molecule has 0 spiro atoms. The third-order valence-electron chi connectivity index (χ3n) is 3.66. The Morgan fingerprint density at radius 3 is 2.38 bits per heavy atom. The monoisotopic (exact) mass is 313 g/mol. The molecule has 0 heterocycles. The van der Waals surface area contributed by atoms with Crippen LogP contribution in [0.4, 0.5) is 0 Å². The molecule has 1 aromatic rings. The molecule has 4 nitrogen and oxygen atoms in total. The summed E-state index contributed by atoms with van der Waals surface area (Å²) in [6.07, 6.45) is 0.965. The maximum atomic E-state index is 12.4. The third kappa shape index (κ3) is 5.41. The topological polar surface area (TPSA) is 55.4 Å². The second-order valence-electron chi connectivity index (χ2n) is 5.41. The molecule has 0 aliphatic rings. The summed E-state index contributed by atoms with van der Waals surface area (Å²) in [5.41, 5.74) is 2.19. The minimum absolute atomic E-state index is 0.0564. The van der Waals surface area contributed by atoms with Crippen LogP contribution in [0.5, 0.6) is 0 Å². The minimum atomic E-state index is -3.20. The molecule has 21 heavy (non-hydrogen) atoms. The molecule has 0 saturated heterocycles. The van der Waals surface area contributed by atoms with Gasteiger partial charge in [-0.1, -0.05) is 36.8 Å². The molecule has 0 aliphatic carbocycles. The largest absolute Gasteiger partial charge is 0.384 e. The molecule has 2 unspecified atom stereocenters. The zero-order valence-electron chi connectivity index (χ0n) is 13.4. The zero-order valence-corrected chi connectivity index (χ0v) is 14.2. The van der Waals surface area contributed by atoms with Gasteiger partial charge in [0.2, 0.25) is 0 Å². The van der Waals surface area contributed by atoms with E-state index < -0.39 is 15.1 Å². The van der Waals surface area contributed by atoms with Crippen molar-refractivity contribution in [3.63, 3.8) is 0 Å². The van der Waals surface area contributed by atoms with Crippen LogP contribution in [0, 0.1) is 6.92 Å². The van der Waals surface area contributed by atoms with Crippen LogP contribution in [-0.2, 0) is 14.6 Å². The Kier molecular flexibility index (Phi) is 7.35. The molecule has 0 saturated carbocycles. The highest BCUT2D eigenvalue weighted by atomic mass is 32.2. The molecule has 1 aromatic carbocycles. The van der Waals surface area contributed by atoms with E-state index in [1.807, 2.05) is 31.2 Å². The molecule has 0 radical (unpaired) electrons. The Morgan fingerprint density at radius 1 is 1.24 bits per heavy atom. The lowest BCUT2D eigenvalue weighted by Gasteiger charge is -2.26. The first-order chi connectivity index (χ1) is 9.92. The van der Waals surface area contributed by atoms with Crippen molar-refractivity contribution in [3.05, 3.63) is 35.4 Å². The summed E-state index contributed by atoms with van der Waals surface area (Å²) in [5, 5.41) is 2.88.